The van der Waals surface area contributed by atoms with Crippen molar-refractivity contribution in [1.82, 2.24) is 29.1 Å². The first-order valence-electron chi connectivity index (χ1n) is 11.3. The molecule has 0 unspecified atom stereocenters. The second kappa shape index (κ2) is 9.39. The van der Waals surface area contributed by atoms with Gasteiger partial charge in [-0.05, 0) is 38.5 Å². The summed E-state index contributed by atoms with van der Waals surface area (Å²) >= 11 is 1.86. The minimum absolute atomic E-state index is 0.127. The third-order valence-electron chi connectivity index (χ3n) is 6.16. The number of benzene rings is 1. The maximum absolute atomic E-state index is 14.6. The Labute approximate surface area is 220 Å². The first-order chi connectivity index (χ1) is 17.3. The van der Waals surface area contributed by atoms with Crippen LogP contribution in [-0.4, -0.2) is 39.9 Å². The van der Waals surface area contributed by atoms with Gasteiger partial charge < -0.3 is 9.88 Å². The summed E-state index contributed by atoms with van der Waals surface area (Å²) < 4.78 is 29.9. The van der Waals surface area contributed by atoms with E-state index in [0.29, 0.717) is 39.8 Å². The van der Waals surface area contributed by atoms with Crippen LogP contribution in [0.3, 0.4) is 0 Å². The number of aromatic amines is 1. The Morgan fingerprint density at radius 2 is 1.94 bits per heavy atom. The highest BCUT2D eigenvalue weighted by Crippen LogP contribution is 2.37. The molecule has 4 aromatic heterocycles. The lowest BCUT2D eigenvalue weighted by atomic mass is 9.99. The molecule has 0 aliphatic carbocycles. The number of halogens is 2. The van der Waals surface area contributed by atoms with Crippen LogP contribution in [0.2, 0.25) is 0 Å². The minimum Gasteiger partial charge on any atom is -0.345 e. The Kier molecular flexibility index (Phi) is 6.41. The quantitative estimate of drug-likeness (QED) is 0.213. The van der Waals surface area contributed by atoms with E-state index >= 15 is 0 Å². The molecule has 0 aliphatic rings. The fraction of sp³-hybridized carbons (Fsp3) is 0.250. The molecule has 36 heavy (non-hydrogen) atoms. The summed E-state index contributed by atoms with van der Waals surface area (Å²) in [4.78, 5) is 28.3. The van der Waals surface area contributed by atoms with E-state index in [1.54, 1.807) is 18.3 Å². The van der Waals surface area contributed by atoms with Gasteiger partial charge in [0.2, 0.25) is 0 Å². The number of H-pyrrole nitrogens is 1. The molecule has 1 aromatic carbocycles. The van der Waals surface area contributed by atoms with E-state index in [1.807, 2.05) is 65.1 Å². The average molecular weight is 619 g/mol. The van der Waals surface area contributed by atoms with Gasteiger partial charge in [0.15, 0.2) is 17.2 Å². The van der Waals surface area contributed by atoms with Crippen molar-refractivity contribution in [2.75, 3.05) is 11.4 Å². The minimum atomic E-state index is -1.31. The van der Waals surface area contributed by atoms with Gasteiger partial charge in [-0.15, -0.1) is 0 Å². The lowest BCUT2D eigenvalue weighted by Crippen LogP contribution is -2.47. The summed E-state index contributed by atoms with van der Waals surface area (Å²) in [6, 6.07) is 10.3. The van der Waals surface area contributed by atoms with Gasteiger partial charge in [0.05, 0.1) is 21.5 Å². The molecule has 0 bridgehead atoms. The fourth-order valence-electron chi connectivity index (χ4n) is 4.49. The van der Waals surface area contributed by atoms with Crippen LogP contribution < -0.4 is 10.5 Å². The predicted molar refractivity (Wildman–Crippen MR) is 146 cm³/mol. The molecule has 0 aliphatic heterocycles. The number of hydrogen-bond acceptors (Lipinski definition) is 6. The number of hydrogen-bond donors (Lipinski definition) is 1. The summed E-state index contributed by atoms with van der Waals surface area (Å²) in [6.07, 6.45) is 5.33. The molecule has 0 amide bonds. The van der Waals surface area contributed by atoms with Crippen LogP contribution in [0.25, 0.3) is 22.2 Å². The maximum atomic E-state index is 14.6. The largest absolute Gasteiger partial charge is 0.345 e. The third-order valence-corrected chi connectivity index (χ3v) is 8.25. The first-order valence-corrected chi connectivity index (χ1v) is 15.0. The molecule has 5 rings (SSSR count). The van der Waals surface area contributed by atoms with Gasteiger partial charge in [-0.25, -0.2) is 23.1 Å². The van der Waals surface area contributed by atoms with Crippen molar-refractivity contribution in [2.45, 2.75) is 37.6 Å². The van der Waals surface area contributed by atoms with Gasteiger partial charge in [0, 0.05) is 40.1 Å². The standard InChI is InChI=1S/C24H23FIN7O2S/c1-4-11-31(21-18-17(36(26)35)13-27-20(18)28-14-29-21)24(2,3)23-30-32-12-10-16(25)19(32)22(34)33(23)15-8-6-5-7-9-15/h5-10,12-14H,4,11H2,1-3H3,(H,27,28,29)/t36-/m1/s1. The van der Waals surface area contributed by atoms with Crippen LogP contribution in [0.5, 0.6) is 0 Å². The van der Waals surface area contributed by atoms with Gasteiger partial charge in [0.25, 0.3) is 5.56 Å². The van der Waals surface area contributed by atoms with Gasteiger partial charge in [-0.3, -0.25) is 9.36 Å². The summed E-state index contributed by atoms with van der Waals surface area (Å²) in [5.74, 6) is 0.335. The highest BCUT2D eigenvalue weighted by molar-refractivity contribution is 14.2. The molecule has 1 atom stereocenters. The first kappa shape index (κ1) is 24.6. The molecule has 4 heterocycles. The molecule has 0 fully saturated rings. The van der Waals surface area contributed by atoms with Crippen LogP contribution >= 0.6 is 21.2 Å². The number of nitrogens with one attached hydrogen (secondary N) is 1. The second-order valence-corrected chi connectivity index (χ2v) is 12.1. The molecular formula is C24H23FIN7O2S. The molecule has 5 aromatic rings. The molecular weight excluding hydrogens is 596 g/mol. The summed E-state index contributed by atoms with van der Waals surface area (Å²) in [7, 11) is -1.31. The normalized spacial score (nSPS) is 12.9. The van der Waals surface area contributed by atoms with E-state index < -0.39 is 24.9 Å². The van der Waals surface area contributed by atoms with Crippen LogP contribution in [0.1, 0.15) is 33.0 Å². The van der Waals surface area contributed by atoms with Crippen molar-refractivity contribution in [3.8, 4) is 5.69 Å². The van der Waals surface area contributed by atoms with E-state index in [4.69, 9.17) is 5.10 Å². The fourth-order valence-corrected chi connectivity index (χ4v) is 6.03. The predicted octanol–water partition coefficient (Wildman–Crippen LogP) is 4.50. The highest BCUT2D eigenvalue weighted by atomic mass is 127. The molecule has 0 radical (unpaired) electrons. The van der Waals surface area contributed by atoms with E-state index in [-0.39, 0.29) is 5.52 Å². The lowest BCUT2D eigenvalue weighted by Gasteiger charge is -2.40. The van der Waals surface area contributed by atoms with Crippen LogP contribution in [0.15, 0.2) is 64.8 Å². The van der Waals surface area contributed by atoms with Crippen molar-refractivity contribution >= 4 is 51.5 Å². The van der Waals surface area contributed by atoms with Crippen molar-refractivity contribution in [3.63, 3.8) is 0 Å². The van der Waals surface area contributed by atoms with Crippen LogP contribution in [0.4, 0.5) is 10.2 Å². The number of fused-ring (bicyclic) bond motifs is 2. The Morgan fingerprint density at radius 3 is 2.64 bits per heavy atom. The summed E-state index contributed by atoms with van der Waals surface area (Å²) in [5.41, 5.74) is -0.419. The van der Waals surface area contributed by atoms with Crippen molar-refractivity contribution in [3.05, 3.63) is 77.1 Å². The van der Waals surface area contributed by atoms with Crippen molar-refractivity contribution in [2.24, 2.45) is 0 Å². The van der Waals surface area contributed by atoms with Crippen molar-refractivity contribution in [1.29, 1.82) is 0 Å². The zero-order chi connectivity index (χ0) is 25.6. The molecule has 0 saturated carbocycles. The molecule has 0 saturated heterocycles. The van der Waals surface area contributed by atoms with Gasteiger partial charge >= 0.3 is 0 Å². The number of anilines is 1. The molecule has 1 N–H and O–H groups in total. The average Bonchev–Trinajstić information content (AvgIpc) is 3.47. The van der Waals surface area contributed by atoms with E-state index in [9.17, 15) is 13.4 Å². The highest BCUT2D eigenvalue weighted by Gasteiger charge is 2.37. The number of nitrogens with zero attached hydrogens (tertiary/aromatic N) is 6. The van der Waals surface area contributed by atoms with Gasteiger partial charge in [0.1, 0.15) is 25.8 Å². The van der Waals surface area contributed by atoms with Gasteiger partial charge in [-0.2, -0.15) is 5.10 Å². The summed E-state index contributed by atoms with van der Waals surface area (Å²) in [6.45, 7) is 6.48. The molecule has 12 heteroatoms. The Balaban J connectivity index is 1.82. The molecule has 0 spiro atoms. The third kappa shape index (κ3) is 3.92. The van der Waals surface area contributed by atoms with Crippen molar-refractivity contribution < 1.29 is 8.60 Å². The summed E-state index contributed by atoms with van der Waals surface area (Å²) in [5, 5.41) is 5.39. The van der Waals surface area contributed by atoms with E-state index in [0.717, 1.165) is 6.42 Å². The number of para-hydroxylation sites is 1. The zero-order valence-electron chi connectivity index (χ0n) is 19.8. The Morgan fingerprint density at radius 1 is 1.19 bits per heavy atom. The second-order valence-electron chi connectivity index (χ2n) is 8.76. The zero-order valence-corrected chi connectivity index (χ0v) is 22.7. The lowest BCUT2D eigenvalue weighted by molar-refractivity contribution is 0.425. The van der Waals surface area contributed by atoms with E-state index in [2.05, 4.69) is 15.0 Å². The number of aromatic nitrogens is 6. The topological polar surface area (TPSA) is 101 Å². The number of rotatable bonds is 7. The molecule has 9 nitrogen and oxygen atoms in total. The van der Waals surface area contributed by atoms with Gasteiger partial charge in [-0.1, -0.05) is 25.1 Å². The Bertz CT molecular complexity index is 1660. The molecule has 186 valence electrons. The van der Waals surface area contributed by atoms with Crippen LogP contribution in [0, 0.1) is 5.82 Å². The van der Waals surface area contributed by atoms with E-state index in [1.165, 1.54) is 27.7 Å². The van der Waals surface area contributed by atoms with Crippen LogP contribution in [-0.2, 0) is 13.5 Å². The monoisotopic (exact) mass is 619 g/mol. The SMILES string of the molecule is CCCN(c1ncnc2[nH]cc([S@@](=O)I)c12)C(C)(C)c1nn2ccc(F)c2c(=O)n1-c1ccccc1. The maximum Gasteiger partial charge on any atom is 0.285 e. The smallest absolute Gasteiger partial charge is 0.285 e. The Hall–Kier alpha value is -3.13.